The molecule has 0 atom stereocenters. The quantitative estimate of drug-likeness (QED) is 0.816. The van der Waals surface area contributed by atoms with Gasteiger partial charge in [0, 0.05) is 24.8 Å². The van der Waals surface area contributed by atoms with Gasteiger partial charge in [-0.15, -0.1) is 0 Å². The first-order valence-electron chi connectivity index (χ1n) is 6.26. The minimum Gasteiger partial charge on any atom is -0.394 e. The lowest BCUT2D eigenvalue weighted by atomic mass is 10.0. The van der Waals surface area contributed by atoms with Gasteiger partial charge in [0.15, 0.2) is 0 Å². The highest BCUT2D eigenvalue weighted by molar-refractivity contribution is 5.55. The van der Waals surface area contributed by atoms with Crippen molar-refractivity contribution in [2.45, 2.75) is 32.9 Å². The molecule has 0 aliphatic rings. The van der Waals surface area contributed by atoms with Gasteiger partial charge < -0.3 is 15.3 Å². The van der Waals surface area contributed by atoms with Crippen LogP contribution in [0.3, 0.4) is 0 Å². The highest BCUT2D eigenvalue weighted by Gasteiger charge is 2.25. The zero-order valence-electron chi connectivity index (χ0n) is 11.6. The van der Waals surface area contributed by atoms with E-state index in [0.29, 0.717) is 12.1 Å². The number of aliphatic hydroxyl groups excluding tert-OH is 1. The maximum Gasteiger partial charge on any atom is 0.129 e. The highest BCUT2D eigenvalue weighted by atomic mass is 19.1. The molecule has 0 radical (unpaired) electrons. The molecular formula is C14H23FN2O. The van der Waals surface area contributed by atoms with Gasteiger partial charge >= 0.3 is 0 Å². The summed E-state index contributed by atoms with van der Waals surface area (Å²) in [6.45, 7) is 7.14. The lowest BCUT2D eigenvalue weighted by molar-refractivity contribution is 0.216. The van der Waals surface area contributed by atoms with E-state index in [1.165, 1.54) is 6.07 Å². The number of anilines is 1. The molecule has 0 aliphatic carbocycles. The van der Waals surface area contributed by atoms with Crippen LogP contribution in [0.1, 0.15) is 26.3 Å². The number of hydrogen-bond acceptors (Lipinski definition) is 3. The first kappa shape index (κ1) is 14.9. The fourth-order valence-corrected chi connectivity index (χ4v) is 1.72. The molecule has 102 valence electrons. The average Bonchev–Trinajstić information content (AvgIpc) is 2.36. The summed E-state index contributed by atoms with van der Waals surface area (Å²) in [5.74, 6) is -0.214. The monoisotopic (exact) mass is 254 g/mol. The van der Waals surface area contributed by atoms with Crippen LogP contribution in [0.4, 0.5) is 10.1 Å². The third-order valence-corrected chi connectivity index (χ3v) is 3.30. The zero-order chi connectivity index (χ0) is 13.8. The van der Waals surface area contributed by atoms with Crippen LogP contribution in [0.2, 0.25) is 0 Å². The molecule has 0 bridgehead atoms. The van der Waals surface area contributed by atoms with Gasteiger partial charge in [-0.25, -0.2) is 4.39 Å². The molecule has 3 nitrogen and oxygen atoms in total. The number of rotatable bonds is 6. The molecule has 0 fully saturated rings. The summed E-state index contributed by atoms with van der Waals surface area (Å²) in [6.07, 6.45) is 0. The maximum absolute atomic E-state index is 13.9. The van der Waals surface area contributed by atoms with E-state index in [1.54, 1.807) is 6.07 Å². The van der Waals surface area contributed by atoms with E-state index in [1.807, 2.05) is 38.8 Å². The van der Waals surface area contributed by atoms with E-state index >= 15 is 0 Å². The van der Waals surface area contributed by atoms with E-state index in [9.17, 15) is 9.50 Å². The summed E-state index contributed by atoms with van der Waals surface area (Å²) in [4.78, 5) is 1.92. The van der Waals surface area contributed by atoms with Crippen molar-refractivity contribution in [3.63, 3.8) is 0 Å². The highest BCUT2D eigenvalue weighted by Crippen LogP contribution is 2.27. The molecule has 0 amide bonds. The van der Waals surface area contributed by atoms with Crippen molar-refractivity contribution in [3.05, 3.63) is 29.6 Å². The van der Waals surface area contributed by atoms with Crippen molar-refractivity contribution in [2.24, 2.45) is 0 Å². The Bertz CT molecular complexity index is 393. The van der Waals surface area contributed by atoms with Gasteiger partial charge in [-0.05, 0) is 32.5 Å². The third kappa shape index (κ3) is 3.21. The van der Waals surface area contributed by atoms with Crippen molar-refractivity contribution < 1.29 is 9.50 Å². The van der Waals surface area contributed by atoms with E-state index in [2.05, 4.69) is 5.32 Å². The number of nitrogens with zero attached hydrogens (tertiary/aromatic N) is 1. The van der Waals surface area contributed by atoms with Crippen LogP contribution in [0.5, 0.6) is 0 Å². The summed E-state index contributed by atoms with van der Waals surface area (Å²) in [6, 6.07) is 5.05. The Balaban J connectivity index is 3.11. The fraction of sp³-hybridized carbons (Fsp3) is 0.571. The molecule has 0 saturated heterocycles. The van der Waals surface area contributed by atoms with E-state index in [4.69, 9.17) is 0 Å². The predicted octanol–water partition coefficient (Wildman–Crippen LogP) is 2.14. The Kier molecular flexibility index (Phi) is 5.11. The molecule has 0 saturated carbocycles. The Labute approximate surface area is 109 Å². The van der Waals surface area contributed by atoms with Crippen molar-refractivity contribution in [1.82, 2.24) is 5.32 Å². The van der Waals surface area contributed by atoms with Crippen LogP contribution in [-0.4, -0.2) is 30.8 Å². The first-order valence-corrected chi connectivity index (χ1v) is 6.26. The molecular weight excluding hydrogens is 231 g/mol. The summed E-state index contributed by atoms with van der Waals surface area (Å²) < 4.78 is 13.9. The van der Waals surface area contributed by atoms with E-state index in [0.717, 1.165) is 12.2 Å². The van der Waals surface area contributed by atoms with Crippen LogP contribution in [0.15, 0.2) is 18.2 Å². The molecule has 1 aromatic rings. The standard InChI is InChI=1S/C14H23FN2O/c1-5-16-9-11-12(15)7-6-8-13(11)17(4)14(2,3)10-18/h6-8,16,18H,5,9-10H2,1-4H3. The molecule has 0 aliphatic heterocycles. The number of hydrogen-bond donors (Lipinski definition) is 2. The van der Waals surface area contributed by atoms with Crippen LogP contribution in [0.25, 0.3) is 0 Å². The Hall–Kier alpha value is -1.13. The van der Waals surface area contributed by atoms with Gasteiger partial charge in [-0.3, -0.25) is 0 Å². The molecule has 1 aromatic carbocycles. The van der Waals surface area contributed by atoms with Gasteiger partial charge in [0.1, 0.15) is 5.82 Å². The van der Waals surface area contributed by atoms with Crippen LogP contribution >= 0.6 is 0 Å². The summed E-state index contributed by atoms with van der Waals surface area (Å²) >= 11 is 0. The molecule has 2 N–H and O–H groups in total. The largest absolute Gasteiger partial charge is 0.394 e. The zero-order valence-corrected chi connectivity index (χ0v) is 11.6. The predicted molar refractivity (Wildman–Crippen MR) is 73.3 cm³/mol. The molecule has 0 spiro atoms. The minimum absolute atomic E-state index is 0.0145. The fourth-order valence-electron chi connectivity index (χ4n) is 1.72. The lowest BCUT2D eigenvalue weighted by Gasteiger charge is -2.37. The summed E-state index contributed by atoms with van der Waals surface area (Å²) in [5, 5.41) is 12.6. The van der Waals surface area contributed by atoms with Crippen LogP contribution in [0, 0.1) is 5.82 Å². The second kappa shape index (κ2) is 6.16. The second-order valence-corrected chi connectivity index (χ2v) is 5.05. The first-order chi connectivity index (χ1) is 8.44. The number of benzene rings is 1. The van der Waals surface area contributed by atoms with Gasteiger partial charge in [0.25, 0.3) is 0 Å². The van der Waals surface area contributed by atoms with E-state index in [-0.39, 0.29) is 12.4 Å². The molecule has 0 heterocycles. The molecule has 18 heavy (non-hydrogen) atoms. The minimum atomic E-state index is -0.422. The second-order valence-electron chi connectivity index (χ2n) is 5.05. The molecule has 4 heteroatoms. The topological polar surface area (TPSA) is 35.5 Å². The van der Waals surface area contributed by atoms with Gasteiger partial charge in [-0.2, -0.15) is 0 Å². The van der Waals surface area contributed by atoms with Crippen molar-refractivity contribution in [2.75, 3.05) is 25.1 Å². The number of likely N-dealkylation sites (N-methyl/N-ethyl adjacent to an activating group) is 1. The van der Waals surface area contributed by atoms with Crippen molar-refractivity contribution in [3.8, 4) is 0 Å². The van der Waals surface area contributed by atoms with Crippen molar-refractivity contribution in [1.29, 1.82) is 0 Å². The van der Waals surface area contributed by atoms with Crippen LogP contribution in [-0.2, 0) is 6.54 Å². The van der Waals surface area contributed by atoms with E-state index < -0.39 is 5.54 Å². The smallest absolute Gasteiger partial charge is 0.129 e. The van der Waals surface area contributed by atoms with Gasteiger partial charge in [0.05, 0.1) is 12.1 Å². The van der Waals surface area contributed by atoms with Gasteiger partial charge in [-0.1, -0.05) is 13.0 Å². The van der Waals surface area contributed by atoms with Gasteiger partial charge in [0.2, 0.25) is 0 Å². The third-order valence-electron chi connectivity index (χ3n) is 3.30. The lowest BCUT2D eigenvalue weighted by Crippen LogP contribution is -2.45. The van der Waals surface area contributed by atoms with Crippen LogP contribution < -0.4 is 10.2 Å². The molecule has 0 unspecified atom stereocenters. The summed E-state index contributed by atoms with van der Waals surface area (Å²) in [5.41, 5.74) is 1.03. The maximum atomic E-state index is 13.9. The normalized spacial score (nSPS) is 11.7. The summed E-state index contributed by atoms with van der Waals surface area (Å²) in [7, 11) is 1.88. The molecule has 0 aromatic heterocycles. The molecule has 1 rings (SSSR count). The SMILES string of the molecule is CCNCc1c(F)cccc1N(C)C(C)(C)CO. The Morgan fingerprint density at radius 3 is 2.61 bits per heavy atom. The van der Waals surface area contributed by atoms with Crippen molar-refractivity contribution >= 4 is 5.69 Å². The number of nitrogens with one attached hydrogen (secondary N) is 1. The Morgan fingerprint density at radius 1 is 1.39 bits per heavy atom. The average molecular weight is 254 g/mol. The Morgan fingerprint density at radius 2 is 2.06 bits per heavy atom. The number of aliphatic hydroxyl groups is 1. The number of halogens is 1.